The van der Waals surface area contributed by atoms with Gasteiger partial charge in [0.2, 0.25) is 0 Å². The van der Waals surface area contributed by atoms with Crippen molar-refractivity contribution in [2.45, 2.75) is 13.8 Å². The van der Waals surface area contributed by atoms with Gasteiger partial charge >= 0.3 is 5.97 Å². The normalized spacial score (nSPS) is 10.5. The summed E-state index contributed by atoms with van der Waals surface area (Å²) in [6.45, 7) is 3.63. The van der Waals surface area contributed by atoms with Gasteiger partial charge in [-0.25, -0.2) is 9.78 Å². The molecule has 6 nitrogen and oxygen atoms in total. The third-order valence-corrected chi connectivity index (χ3v) is 3.12. The highest BCUT2D eigenvalue weighted by molar-refractivity contribution is 7.15. The Morgan fingerprint density at radius 1 is 1.53 bits per heavy atom. The summed E-state index contributed by atoms with van der Waals surface area (Å²) in [5.74, 6) is -0.221. The number of thiazole rings is 1. The fourth-order valence-corrected chi connectivity index (χ4v) is 2.30. The molecule has 2 N–H and O–H groups in total. The molecule has 0 spiro atoms. The molecule has 0 aliphatic carbocycles. The van der Waals surface area contributed by atoms with Crippen LogP contribution in [0.3, 0.4) is 0 Å². The van der Waals surface area contributed by atoms with Gasteiger partial charge in [0.15, 0.2) is 10.8 Å². The molecule has 90 valence electrons. The fraction of sp³-hybridized carbons (Fsp3) is 0.300. The Labute approximate surface area is 102 Å². The zero-order valence-electron chi connectivity index (χ0n) is 9.68. The van der Waals surface area contributed by atoms with Gasteiger partial charge in [0.1, 0.15) is 5.82 Å². The summed E-state index contributed by atoms with van der Waals surface area (Å²) in [4.78, 5) is 15.6. The number of anilines is 2. The van der Waals surface area contributed by atoms with E-state index in [1.807, 2.05) is 20.0 Å². The first-order chi connectivity index (χ1) is 7.97. The number of nitrogens with one attached hydrogen (secondary N) is 1. The molecule has 0 aromatic carbocycles. The summed E-state index contributed by atoms with van der Waals surface area (Å²) in [6, 6.07) is 1.87. The van der Waals surface area contributed by atoms with Crippen molar-refractivity contribution in [3.8, 4) is 0 Å². The SMILES string of the molecule is Cc1cc(Nc2nc(C(=O)O)c(C)s2)n(C)n1. The van der Waals surface area contributed by atoms with Gasteiger partial charge in [-0.3, -0.25) is 4.68 Å². The maximum atomic E-state index is 10.9. The van der Waals surface area contributed by atoms with E-state index in [0.29, 0.717) is 10.0 Å². The molecule has 2 rings (SSSR count). The van der Waals surface area contributed by atoms with Crippen molar-refractivity contribution in [1.29, 1.82) is 0 Å². The van der Waals surface area contributed by atoms with E-state index in [1.54, 1.807) is 11.6 Å². The van der Waals surface area contributed by atoms with E-state index < -0.39 is 5.97 Å². The quantitative estimate of drug-likeness (QED) is 0.872. The van der Waals surface area contributed by atoms with Crippen LogP contribution in [0, 0.1) is 13.8 Å². The number of aromatic nitrogens is 3. The lowest BCUT2D eigenvalue weighted by molar-refractivity contribution is 0.0690. The predicted molar refractivity (Wildman–Crippen MR) is 65.0 cm³/mol. The average molecular weight is 252 g/mol. The highest BCUT2D eigenvalue weighted by Crippen LogP contribution is 2.25. The zero-order chi connectivity index (χ0) is 12.6. The first-order valence-corrected chi connectivity index (χ1v) is 5.77. The average Bonchev–Trinajstić information content (AvgIpc) is 2.71. The molecule has 0 saturated carbocycles. The number of hydrogen-bond acceptors (Lipinski definition) is 5. The summed E-state index contributed by atoms with van der Waals surface area (Å²) in [7, 11) is 1.81. The number of nitrogens with zero attached hydrogens (tertiary/aromatic N) is 3. The Bertz CT molecular complexity index is 573. The second-order valence-electron chi connectivity index (χ2n) is 3.65. The van der Waals surface area contributed by atoms with Gasteiger partial charge < -0.3 is 10.4 Å². The fourth-order valence-electron chi connectivity index (χ4n) is 1.49. The summed E-state index contributed by atoms with van der Waals surface area (Å²) >= 11 is 1.31. The standard InChI is InChI=1S/C10H12N4O2S/c1-5-4-7(14(3)13-5)11-10-12-8(9(15)16)6(2)17-10/h4H,1-3H3,(H,11,12)(H,15,16). The van der Waals surface area contributed by atoms with Crippen LogP contribution in [-0.2, 0) is 7.05 Å². The second-order valence-corrected chi connectivity index (χ2v) is 4.85. The van der Waals surface area contributed by atoms with Crippen molar-refractivity contribution >= 4 is 28.3 Å². The number of aromatic carboxylic acids is 1. The summed E-state index contributed by atoms with van der Waals surface area (Å²) in [5.41, 5.74) is 0.984. The van der Waals surface area contributed by atoms with Crippen molar-refractivity contribution in [2.24, 2.45) is 7.05 Å². The maximum absolute atomic E-state index is 10.9. The minimum Gasteiger partial charge on any atom is -0.476 e. The van der Waals surface area contributed by atoms with E-state index in [9.17, 15) is 4.79 Å². The smallest absolute Gasteiger partial charge is 0.355 e. The Kier molecular flexibility index (Phi) is 2.84. The lowest BCUT2D eigenvalue weighted by Gasteiger charge is -2.00. The van der Waals surface area contributed by atoms with E-state index in [2.05, 4.69) is 15.4 Å². The second kappa shape index (κ2) is 4.17. The predicted octanol–water partition coefficient (Wildman–Crippen LogP) is 1.94. The van der Waals surface area contributed by atoms with Crippen LogP contribution in [0.15, 0.2) is 6.07 Å². The molecular weight excluding hydrogens is 240 g/mol. The van der Waals surface area contributed by atoms with Crippen LogP contribution in [0.5, 0.6) is 0 Å². The molecule has 17 heavy (non-hydrogen) atoms. The van der Waals surface area contributed by atoms with Crippen LogP contribution >= 0.6 is 11.3 Å². The van der Waals surface area contributed by atoms with Crippen LogP contribution in [0.4, 0.5) is 10.9 Å². The molecule has 0 aliphatic heterocycles. The Morgan fingerprint density at radius 3 is 2.71 bits per heavy atom. The van der Waals surface area contributed by atoms with E-state index in [1.165, 1.54) is 11.3 Å². The molecule has 0 atom stereocenters. The zero-order valence-corrected chi connectivity index (χ0v) is 10.5. The molecule has 2 aromatic heterocycles. The van der Waals surface area contributed by atoms with Gasteiger partial charge in [0, 0.05) is 18.0 Å². The summed E-state index contributed by atoms with van der Waals surface area (Å²) in [6.07, 6.45) is 0. The van der Waals surface area contributed by atoms with Crippen molar-refractivity contribution < 1.29 is 9.90 Å². The molecule has 0 bridgehead atoms. The third-order valence-electron chi connectivity index (χ3n) is 2.24. The van der Waals surface area contributed by atoms with Gasteiger partial charge in [-0.1, -0.05) is 0 Å². The van der Waals surface area contributed by atoms with Gasteiger partial charge in [0.05, 0.1) is 5.69 Å². The molecule has 2 aromatic rings. The highest BCUT2D eigenvalue weighted by atomic mass is 32.1. The van der Waals surface area contributed by atoms with Crippen molar-refractivity contribution in [1.82, 2.24) is 14.8 Å². The lowest BCUT2D eigenvalue weighted by atomic mass is 10.4. The largest absolute Gasteiger partial charge is 0.476 e. The molecule has 0 aliphatic rings. The van der Waals surface area contributed by atoms with Crippen LogP contribution in [0.1, 0.15) is 21.1 Å². The first kappa shape index (κ1) is 11.6. The van der Waals surface area contributed by atoms with E-state index in [-0.39, 0.29) is 5.69 Å². The Morgan fingerprint density at radius 2 is 2.24 bits per heavy atom. The first-order valence-electron chi connectivity index (χ1n) is 4.95. The van der Waals surface area contributed by atoms with Gasteiger partial charge in [-0.2, -0.15) is 5.10 Å². The molecule has 0 amide bonds. The number of aryl methyl sites for hydroxylation is 3. The van der Waals surface area contributed by atoms with Crippen LogP contribution in [0.25, 0.3) is 0 Å². The Hall–Kier alpha value is -1.89. The lowest BCUT2D eigenvalue weighted by Crippen LogP contribution is -2.01. The molecule has 7 heteroatoms. The van der Waals surface area contributed by atoms with Crippen LogP contribution < -0.4 is 5.32 Å². The van der Waals surface area contributed by atoms with Crippen LogP contribution in [0.2, 0.25) is 0 Å². The maximum Gasteiger partial charge on any atom is 0.355 e. The third kappa shape index (κ3) is 2.28. The summed E-state index contributed by atoms with van der Waals surface area (Å²) in [5, 5.41) is 16.7. The van der Waals surface area contributed by atoms with Crippen LogP contribution in [-0.4, -0.2) is 25.8 Å². The molecule has 0 saturated heterocycles. The number of rotatable bonds is 3. The van der Waals surface area contributed by atoms with E-state index in [4.69, 9.17) is 5.11 Å². The van der Waals surface area contributed by atoms with E-state index >= 15 is 0 Å². The molecular formula is C10H12N4O2S. The van der Waals surface area contributed by atoms with Crippen molar-refractivity contribution in [3.63, 3.8) is 0 Å². The van der Waals surface area contributed by atoms with Gasteiger partial charge in [-0.15, -0.1) is 11.3 Å². The number of carbonyl (C=O) groups is 1. The Balaban J connectivity index is 2.28. The number of carboxylic acid groups (broad SMARTS) is 1. The van der Waals surface area contributed by atoms with Gasteiger partial charge in [0.25, 0.3) is 0 Å². The van der Waals surface area contributed by atoms with Crippen molar-refractivity contribution in [3.05, 3.63) is 22.3 Å². The molecule has 2 heterocycles. The molecule has 0 radical (unpaired) electrons. The van der Waals surface area contributed by atoms with Gasteiger partial charge in [-0.05, 0) is 13.8 Å². The number of hydrogen-bond donors (Lipinski definition) is 2. The van der Waals surface area contributed by atoms with E-state index in [0.717, 1.165) is 11.5 Å². The minimum atomic E-state index is -1.01. The molecule has 0 unspecified atom stereocenters. The minimum absolute atomic E-state index is 0.0939. The highest BCUT2D eigenvalue weighted by Gasteiger charge is 2.14. The van der Waals surface area contributed by atoms with Crippen molar-refractivity contribution in [2.75, 3.05) is 5.32 Å². The monoisotopic (exact) mass is 252 g/mol. The number of carboxylic acids is 1. The summed E-state index contributed by atoms with van der Waals surface area (Å²) < 4.78 is 1.69. The topological polar surface area (TPSA) is 80.0 Å². The molecule has 0 fully saturated rings.